The number of sulfonamides is 1. The molecule has 0 aromatic heterocycles. The molecular formula is C11H14FN3O5S. The Balaban J connectivity index is 2.33. The molecule has 0 unspecified atom stereocenters. The highest BCUT2D eigenvalue weighted by atomic mass is 32.2. The second-order valence-corrected chi connectivity index (χ2v) is 6.26. The molecule has 0 atom stereocenters. The van der Waals surface area contributed by atoms with Crippen LogP contribution < -0.4 is 10.5 Å². The molecule has 1 fully saturated rings. The van der Waals surface area contributed by atoms with Crippen LogP contribution in [0.2, 0.25) is 0 Å². The standard InChI is InChI=1S/C11H14FN3O5S/c12-9-5-8(15(16)17)6-10(13)11(9)21(18,19)14-7-1-3-20-4-2-7/h5-7,14H,1-4,13H2. The molecule has 2 rings (SSSR count). The Labute approximate surface area is 120 Å². The van der Waals surface area contributed by atoms with Crippen molar-refractivity contribution in [2.75, 3.05) is 18.9 Å². The molecule has 3 N–H and O–H groups in total. The van der Waals surface area contributed by atoms with Gasteiger partial charge in [0.05, 0.1) is 16.7 Å². The summed E-state index contributed by atoms with van der Waals surface area (Å²) in [4.78, 5) is 8.98. The summed E-state index contributed by atoms with van der Waals surface area (Å²) in [6, 6.07) is 0.981. The fourth-order valence-electron chi connectivity index (χ4n) is 2.08. The van der Waals surface area contributed by atoms with E-state index >= 15 is 0 Å². The second kappa shape index (κ2) is 5.92. The molecule has 1 aliphatic rings. The average molecular weight is 319 g/mol. The van der Waals surface area contributed by atoms with Gasteiger partial charge in [-0.15, -0.1) is 0 Å². The Morgan fingerprint density at radius 3 is 2.52 bits per heavy atom. The Morgan fingerprint density at radius 1 is 1.38 bits per heavy atom. The Bertz CT molecular complexity index is 635. The molecule has 8 nitrogen and oxygen atoms in total. The van der Waals surface area contributed by atoms with E-state index in [9.17, 15) is 22.9 Å². The number of nitro benzene ring substituents is 1. The van der Waals surface area contributed by atoms with E-state index in [1.807, 2.05) is 0 Å². The molecule has 0 bridgehead atoms. The van der Waals surface area contributed by atoms with Crippen LogP contribution in [0.1, 0.15) is 12.8 Å². The normalized spacial score (nSPS) is 16.8. The molecular weight excluding hydrogens is 305 g/mol. The van der Waals surface area contributed by atoms with Gasteiger partial charge in [-0.05, 0) is 12.8 Å². The maximum Gasteiger partial charge on any atom is 0.274 e. The molecule has 21 heavy (non-hydrogen) atoms. The first-order valence-electron chi connectivity index (χ1n) is 6.15. The van der Waals surface area contributed by atoms with Crippen LogP contribution in [0, 0.1) is 15.9 Å². The molecule has 0 saturated carbocycles. The fraction of sp³-hybridized carbons (Fsp3) is 0.455. The maximum absolute atomic E-state index is 13.9. The van der Waals surface area contributed by atoms with Crippen molar-refractivity contribution in [2.24, 2.45) is 0 Å². The maximum atomic E-state index is 13.9. The topological polar surface area (TPSA) is 125 Å². The lowest BCUT2D eigenvalue weighted by molar-refractivity contribution is -0.385. The lowest BCUT2D eigenvalue weighted by Crippen LogP contribution is -2.39. The number of anilines is 1. The van der Waals surface area contributed by atoms with E-state index in [-0.39, 0.29) is 6.04 Å². The number of halogens is 1. The van der Waals surface area contributed by atoms with Crippen LogP contribution in [0.5, 0.6) is 0 Å². The second-order valence-electron chi connectivity index (χ2n) is 4.61. The third-order valence-corrected chi connectivity index (χ3v) is 4.69. The fourth-order valence-corrected chi connectivity index (χ4v) is 3.56. The first-order valence-corrected chi connectivity index (χ1v) is 7.63. The van der Waals surface area contributed by atoms with Gasteiger partial charge in [-0.1, -0.05) is 0 Å². The smallest absolute Gasteiger partial charge is 0.274 e. The highest BCUT2D eigenvalue weighted by Crippen LogP contribution is 2.28. The van der Waals surface area contributed by atoms with Crippen molar-refractivity contribution >= 4 is 21.4 Å². The Kier molecular flexibility index (Phi) is 4.40. The highest BCUT2D eigenvalue weighted by Gasteiger charge is 2.28. The van der Waals surface area contributed by atoms with E-state index in [0.29, 0.717) is 32.1 Å². The number of ether oxygens (including phenoxy) is 1. The lowest BCUT2D eigenvalue weighted by atomic mass is 10.1. The van der Waals surface area contributed by atoms with Gasteiger partial charge in [0.2, 0.25) is 10.0 Å². The summed E-state index contributed by atoms with van der Waals surface area (Å²) < 4.78 is 45.7. The Morgan fingerprint density at radius 2 is 2.00 bits per heavy atom. The van der Waals surface area contributed by atoms with E-state index in [0.717, 1.165) is 6.07 Å². The van der Waals surface area contributed by atoms with Crippen molar-refractivity contribution in [3.63, 3.8) is 0 Å². The predicted octanol–water partition coefficient (Wildman–Crippen LogP) is 0.773. The number of non-ortho nitro benzene ring substituents is 1. The number of nitrogen functional groups attached to an aromatic ring is 1. The van der Waals surface area contributed by atoms with Gasteiger partial charge in [0.1, 0.15) is 4.90 Å². The predicted molar refractivity (Wildman–Crippen MR) is 71.6 cm³/mol. The van der Waals surface area contributed by atoms with Crippen LogP contribution in [-0.4, -0.2) is 32.6 Å². The van der Waals surface area contributed by atoms with Gasteiger partial charge in [0.25, 0.3) is 5.69 Å². The van der Waals surface area contributed by atoms with E-state index in [1.165, 1.54) is 0 Å². The first-order chi connectivity index (χ1) is 9.81. The zero-order chi connectivity index (χ0) is 15.6. The monoisotopic (exact) mass is 319 g/mol. The molecule has 1 aliphatic heterocycles. The van der Waals surface area contributed by atoms with Crippen LogP contribution in [0.15, 0.2) is 17.0 Å². The van der Waals surface area contributed by atoms with Crippen molar-refractivity contribution in [3.05, 3.63) is 28.1 Å². The molecule has 10 heteroatoms. The number of nitrogens with two attached hydrogens (primary N) is 1. The third-order valence-electron chi connectivity index (χ3n) is 3.08. The number of hydrogen-bond acceptors (Lipinski definition) is 6. The van der Waals surface area contributed by atoms with Gasteiger partial charge in [0, 0.05) is 25.3 Å². The van der Waals surface area contributed by atoms with Crippen LogP contribution in [0.4, 0.5) is 15.8 Å². The molecule has 1 saturated heterocycles. The van der Waals surface area contributed by atoms with Gasteiger partial charge >= 0.3 is 0 Å². The van der Waals surface area contributed by atoms with Crippen LogP contribution in [0.25, 0.3) is 0 Å². The minimum atomic E-state index is -4.19. The molecule has 1 aromatic rings. The van der Waals surface area contributed by atoms with Gasteiger partial charge in [0.15, 0.2) is 5.82 Å². The van der Waals surface area contributed by atoms with Crippen LogP contribution >= 0.6 is 0 Å². The van der Waals surface area contributed by atoms with Crippen molar-refractivity contribution < 1.29 is 22.5 Å². The van der Waals surface area contributed by atoms with E-state index in [2.05, 4.69) is 4.72 Å². The molecule has 1 heterocycles. The molecule has 1 aromatic carbocycles. The summed E-state index contributed by atoms with van der Waals surface area (Å²) in [6.45, 7) is 0.816. The number of rotatable bonds is 4. The van der Waals surface area contributed by atoms with E-state index in [4.69, 9.17) is 10.5 Å². The van der Waals surface area contributed by atoms with E-state index in [1.54, 1.807) is 0 Å². The number of benzene rings is 1. The summed E-state index contributed by atoms with van der Waals surface area (Å²) >= 11 is 0. The number of nitrogens with zero attached hydrogens (tertiary/aromatic N) is 1. The first kappa shape index (κ1) is 15.6. The van der Waals surface area contributed by atoms with Gasteiger partial charge in [-0.25, -0.2) is 17.5 Å². The van der Waals surface area contributed by atoms with Crippen molar-refractivity contribution in [1.82, 2.24) is 4.72 Å². The van der Waals surface area contributed by atoms with Gasteiger partial charge in [-0.3, -0.25) is 10.1 Å². The van der Waals surface area contributed by atoms with Crippen LogP contribution in [-0.2, 0) is 14.8 Å². The van der Waals surface area contributed by atoms with Crippen molar-refractivity contribution in [3.8, 4) is 0 Å². The molecule has 0 radical (unpaired) electrons. The summed E-state index contributed by atoms with van der Waals surface area (Å²) in [5, 5.41) is 10.6. The molecule has 0 amide bonds. The zero-order valence-electron chi connectivity index (χ0n) is 10.9. The van der Waals surface area contributed by atoms with Crippen LogP contribution in [0.3, 0.4) is 0 Å². The Hall–Kier alpha value is -1.78. The third kappa shape index (κ3) is 3.46. The van der Waals surface area contributed by atoms with E-state index < -0.39 is 37.0 Å². The summed E-state index contributed by atoms with van der Waals surface area (Å²) in [5.74, 6) is -1.25. The average Bonchev–Trinajstić information content (AvgIpc) is 2.37. The number of nitro groups is 1. The largest absolute Gasteiger partial charge is 0.397 e. The number of hydrogen-bond donors (Lipinski definition) is 2. The van der Waals surface area contributed by atoms with Crippen molar-refractivity contribution in [2.45, 2.75) is 23.8 Å². The van der Waals surface area contributed by atoms with Gasteiger partial charge in [-0.2, -0.15) is 0 Å². The molecule has 116 valence electrons. The minimum Gasteiger partial charge on any atom is -0.397 e. The quantitative estimate of drug-likeness (QED) is 0.480. The minimum absolute atomic E-state index is 0.377. The molecule has 0 spiro atoms. The lowest BCUT2D eigenvalue weighted by Gasteiger charge is -2.23. The summed E-state index contributed by atoms with van der Waals surface area (Å²) in [7, 11) is -4.19. The van der Waals surface area contributed by atoms with Gasteiger partial charge < -0.3 is 10.5 Å². The van der Waals surface area contributed by atoms with Crippen molar-refractivity contribution in [1.29, 1.82) is 0 Å². The highest BCUT2D eigenvalue weighted by molar-refractivity contribution is 7.89. The zero-order valence-corrected chi connectivity index (χ0v) is 11.7. The summed E-state index contributed by atoms with van der Waals surface area (Å²) in [5.41, 5.74) is 4.36. The SMILES string of the molecule is Nc1cc([N+](=O)[O-])cc(F)c1S(=O)(=O)NC1CCOCC1. The molecule has 0 aliphatic carbocycles. The summed E-state index contributed by atoms with van der Waals surface area (Å²) in [6.07, 6.45) is 0.932. The number of nitrogens with one attached hydrogen (secondary N) is 1.